The number of benzene rings is 1. The van der Waals surface area contributed by atoms with Crippen molar-refractivity contribution >= 4 is 5.84 Å². The minimum absolute atomic E-state index is 0.150. The summed E-state index contributed by atoms with van der Waals surface area (Å²) >= 11 is 0. The average molecular weight is 247 g/mol. The highest BCUT2D eigenvalue weighted by molar-refractivity contribution is 5.96. The van der Waals surface area contributed by atoms with Gasteiger partial charge in [-0.15, -0.1) is 0 Å². The Morgan fingerprint density at radius 2 is 1.94 bits per heavy atom. The summed E-state index contributed by atoms with van der Waals surface area (Å²) in [7, 11) is 0. The first-order valence-corrected chi connectivity index (χ1v) is 6.45. The Balaban J connectivity index is 1.94. The lowest BCUT2D eigenvalue weighted by Gasteiger charge is -2.25. The van der Waals surface area contributed by atoms with Crippen LogP contribution in [0.5, 0.6) is 0 Å². The molecule has 1 aliphatic rings. The second-order valence-electron chi connectivity index (χ2n) is 5.30. The molecule has 4 heteroatoms. The average Bonchev–Trinajstić information content (AvgIpc) is 2.83. The fourth-order valence-electron chi connectivity index (χ4n) is 2.50. The van der Waals surface area contributed by atoms with Crippen LogP contribution in [0.3, 0.4) is 0 Å². The molecule has 4 nitrogen and oxygen atoms in total. The fourth-order valence-corrected chi connectivity index (χ4v) is 2.50. The predicted molar refractivity (Wildman–Crippen MR) is 72.7 cm³/mol. The molecule has 1 aliphatic carbocycles. The van der Waals surface area contributed by atoms with Gasteiger partial charge >= 0.3 is 0 Å². The molecule has 98 valence electrons. The lowest BCUT2D eigenvalue weighted by molar-refractivity contribution is 0.318. The predicted octanol–water partition coefficient (Wildman–Crippen LogP) is 2.20. The summed E-state index contributed by atoms with van der Waals surface area (Å²) in [6.07, 6.45) is 5.17. The Morgan fingerprint density at radius 3 is 2.50 bits per heavy atom. The Hall–Kier alpha value is -1.55. The summed E-state index contributed by atoms with van der Waals surface area (Å²) in [5.74, 6) is 0.150. The number of oxime groups is 1. The standard InChI is InChI=1S/C14H21N3O/c1-14(8-2-3-9-14)16-10-11-4-6-12(7-5-11)13(15)17-18/h4-7,16,18H,2-3,8-10H2,1H3,(H2,15,17). The van der Waals surface area contributed by atoms with Gasteiger partial charge in [-0.05, 0) is 25.3 Å². The zero-order valence-electron chi connectivity index (χ0n) is 10.8. The molecule has 0 bridgehead atoms. The van der Waals surface area contributed by atoms with Crippen LogP contribution in [-0.2, 0) is 6.54 Å². The van der Waals surface area contributed by atoms with Crippen molar-refractivity contribution in [1.82, 2.24) is 5.32 Å². The highest BCUT2D eigenvalue weighted by Crippen LogP contribution is 2.29. The van der Waals surface area contributed by atoms with Crippen LogP contribution in [0.2, 0.25) is 0 Å². The van der Waals surface area contributed by atoms with Crippen LogP contribution in [0.1, 0.15) is 43.7 Å². The van der Waals surface area contributed by atoms with Crippen LogP contribution in [0.4, 0.5) is 0 Å². The molecule has 0 saturated heterocycles. The molecule has 1 aromatic rings. The third-order valence-corrected chi connectivity index (χ3v) is 3.78. The Morgan fingerprint density at radius 1 is 1.33 bits per heavy atom. The first-order valence-electron chi connectivity index (χ1n) is 6.45. The molecule has 0 amide bonds. The van der Waals surface area contributed by atoms with E-state index in [1.807, 2.05) is 24.3 Å². The largest absolute Gasteiger partial charge is 0.409 e. The van der Waals surface area contributed by atoms with Gasteiger partial charge in [-0.3, -0.25) is 0 Å². The number of amidine groups is 1. The molecule has 1 fully saturated rings. The third kappa shape index (κ3) is 3.01. The maximum atomic E-state index is 8.59. The van der Waals surface area contributed by atoms with E-state index in [0.717, 1.165) is 12.1 Å². The summed E-state index contributed by atoms with van der Waals surface area (Å²) < 4.78 is 0. The number of nitrogens with two attached hydrogens (primary N) is 1. The van der Waals surface area contributed by atoms with Crippen LogP contribution in [0.15, 0.2) is 29.4 Å². The molecule has 1 aromatic carbocycles. The maximum absolute atomic E-state index is 8.59. The molecule has 4 N–H and O–H groups in total. The molecule has 1 saturated carbocycles. The van der Waals surface area contributed by atoms with Crippen molar-refractivity contribution in [3.05, 3.63) is 35.4 Å². The van der Waals surface area contributed by atoms with E-state index in [4.69, 9.17) is 10.9 Å². The third-order valence-electron chi connectivity index (χ3n) is 3.78. The second-order valence-corrected chi connectivity index (χ2v) is 5.30. The normalized spacial score (nSPS) is 19.1. The number of nitrogens with one attached hydrogen (secondary N) is 1. The van der Waals surface area contributed by atoms with Crippen LogP contribution < -0.4 is 11.1 Å². The summed E-state index contributed by atoms with van der Waals surface area (Å²) in [5, 5.41) is 15.2. The van der Waals surface area contributed by atoms with Gasteiger partial charge in [0.15, 0.2) is 5.84 Å². The Bertz CT molecular complexity index is 419. The summed E-state index contributed by atoms with van der Waals surface area (Å²) in [6.45, 7) is 3.16. The lowest BCUT2D eigenvalue weighted by atomic mass is 10.00. The van der Waals surface area contributed by atoms with Crippen LogP contribution >= 0.6 is 0 Å². The molecule has 0 spiro atoms. The van der Waals surface area contributed by atoms with E-state index in [-0.39, 0.29) is 5.84 Å². The van der Waals surface area contributed by atoms with Crippen molar-refractivity contribution in [3.63, 3.8) is 0 Å². The second kappa shape index (κ2) is 5.40. The van der Waals surface area contributed by atoms with Gasteiger partial charge in [-0.1, -0.05) is 42.3 Å². The van der Waals surface area contributed by atoms with E-state index in [1.54, 1.807) is 0 Å². The van der Waals surface area contributed by atoms with Crippen LogP contribution in [0.25, 0.3) is 0 Å². The van der Waals surface area contributed by atoms with Gasteiger partial charge < -0.3 is 16.3 Å². The molecular weight excluding hydrogens is 226 g/mol. The van der Waals surface area contributed by atoms with Gasteiger partial charge in [0, 0.05) is 17.6 Å². The number of nitrogens with zero attached hydrogens (tertiary/aromatic N) is 1. The van der Waals surface area contributed by atoms with Gasteiger partial charge in [0.2, 0.25) is 0 Å². The fraction of sp³-hybridized carbons (Fsp3) is 0.500. The van der Waals surface area contributed by atoms with Gasteiger partial charge in [0.25, 0.3) is 0 Å². The van der Waals surface area contributed by atoms with E-state index in [9.17, 15) is 0 Å². The Labute approximate surface area is 108 Å². The molecule has 0 aliphatic heterocycles. The van der Waals surface area contributed by atoms with E-state index < -0.39 is 0 Å². The van der Waals surface area contributed by atoms with E-state index in [2.05, 4.69) is 17.4 Å². The van der Waals surface area contributed by atoms with Crippen LogP contribution in [-0.4, -0.2) is 16.6 Å². The van der Waals surface area contributed by atoms with Crippen molar-refractivity contribution in [2.45, 2.75) is 44.7 Å². The van der Waals surface area contributed by atoms with E-state index >= 15 is 0 Å². The summed E-state index contributed by atoms with van der Waals surface area (Å²) in [4.78, 5) is 0. The molecule has 0 atom stereocenters. The Kier molecular flexibility index (Phi) is 3.87. The van der Waals surface area contributed by atoms with Crippen molar-refractivity contribution in [1.29, 1.82) is 0 Å². The van der Waals surface area contributed by atoms with Crippen molar-refractivity contribution in [2.24, 2.45) is 10.9 Å². The number of rotatable bonds is 4. The van der Waals surface area contributed by atoms with Gasteiger partial charge in [0.05, 0.1) is 0 Å². The summed E-state index contributed by atoms with van der Waals surface area (Å²) in [6, 6.07) is 7.78. The summed E-state index contributed by atoms with van der Waals surface area (Å²) in [5.41, 5.74) is 7.78. The molecular formula is C14H21N3O. The van der Waals surface area contributed by atoms with Crippen molar-refractivity contribution < 1.29 is 5.21 Å². The van der Waals surface area contributed by atoms with E-state index in [0.29, 0.717) is 5.54 Å². The minimum atomic E-state index is 0.150. The highest BCUT2D eigenvalue weighted by Gasteiger charge is 2.27. The van der Waals surface area contributed by atoms with Gasteiger partial charge in [-0.2, -0.15) is 0 Å². The monoisotopic (exact) mass is 247 g/mol. The van der Waals surface area contributed by atoms with Crippen molar-refractivity contribution in [2.75, 3.05) is 0 Å². The van der Waals surface area contributed by atoms with Crippen LogP contribution in [0, 0.1) is 0 Å². The lowest BCUT2D eigenvalue weighted by Crippen LogP contribution is -2.38. The maximum Gasteiger partial charge on any atom is 0.170 e. The topological polar surface area (TPSA) is 70.6 Å². The smallest absolute Gasteiger partial charge is 0.170 e. The SMILES string of the molecule is CC1(NCc2ccc(C(N)=NO)cc2)CCCC1. The first-order chi connectivity index (χ1) is 8.63. The minimum Gasteiger partial charge on any atom is -0.409 e. The highest BCUT2D eigenvalue weighted by atomic mass is 16.4. The number of hydrogen-bond donors (Lipinski definition) is 3. The molecule has 0 aromatic heterocycles. The van der Waals surface area contributed by atoms with E-state index in [1.165, 1.54) is 31.2 Å². The molecule has 0 heterocycles. The molecule has 2 rings (SSSR count). The molecule has 18 heavy (non-hydrogen) atoms. The zero-order valence-corrected chi connectivity index (χ0v) is 10.8. The number of hydrogen-bond acceptors (Lipinski definition) is 3. The van der Waals surface area contributed by atoms with Gasteiger partial charge in [0.1, 0.15) is 0 Å². The van der Waals surface area contributed by atoms with Gasteiger partial charge in [-0.25, -0.2) is 0 Å². The molecule has 0 radical (unpaired) electrons. The van der Waals surface area contributed by atoms with Crippen molar-refractivity contribution in [3.8, 4) is 0 Å². The molecule has 0 unspecified atom stereocenters. The first kappa shape index (κ1) is 12.9. The zero-order chi connectivity index (χ0) is 13.0. The quantitative estimate of drug-likeness (QED) is 0.330.